The minimum atomic E-state index is -3.44. The molecule has 3 rings (SSSR count). The first-order valence-corrected chi connectivity index (χ1v) is 9.53. The van der Waals surface area contributed by atoms with Crippen molar-refractivity contribution in [2.45, 2.75) is 30.7 Å². The molecule has 1 aromatic carbocycles. The van der Waals surface area contributed by atoms with Crippen molar-refractivity contribution in [1.82, 2.24) is 4.31 Å². The number of halogens is 1. The Bertz CT molecular complexity index is 768. The fraction of sp³-hybridized carbons (Fsp3) is 0.333. The largest absolute Gasteiger partial charge is 0.244 e. The molecule has 0 aliphatic carbocycles. The number of nitrogens with zero attached hydrogens (tertiary/aromatic N) is 1. The van der Waals surface area contributed by atoms with Crippen LogP contribution in [0.5, 0.6) is 0 Å². The molecule has 0 saturated carbocycles. The lowest BCUT2D eigenvalue weighted by atomic mass is 10.0. The molecule has 0 atom stereocenters. The molecule has 0 saturated heterocycles. The van der Waals surface area contributed by atoms with E-state index in [1.54, 1.807) is 10.4 Å². The molecule has 21 heavy (non-hydrogen) atoms. The van der Waals surface area contributed by atoms with Crippen LogP contribution in [0.3, 0.4) is 0 Å². The topological polar surface area (TPSA) is 37.4 Å². The van der Waals surface area contributed by atoms with Gasteiger partial charge in [-0.15, -0.1) is 22.9 Å². The summed E-state index contributed by atoms with van der Waals surface area (Å²) in [5.41, 5.74) is 2.34. The fourth-order valence-corrected chi connectivity index (χ4v) is 5.77. The zero-order valence-corrected chi connectivity index (χ0v) is 14.1. The highest BCUT2D eigenvalue weighted by atomic mass is 35.5. The number of rotatable bonds is 3. The monoisotopic (exact) mass is 341 g/mol. The predicted octanol–water partition coefficient (Wildman–Crippen LogP) is 3.54. The number of alkyl halides is 1. The van der Waals surface area contributed by atoms with E-state index in [1.807, 2.05) is 25.1 Å². The molecule has 0 amide bonds. The maximum atomic E-state index is 12.8. The lowest BCUT2D eigenvalue weighted by Crippen LogP contribution is -2.36. The first-order valence-electron chi connectivity index (χ1n) is 6.74. The number of sulfonamides is 1. The van der Waals surface area contributed by atoms with Crippen LogP contribution in [0.15, 0.2) is 35.2 Å². The van der Waals surface area contributed by atoms with Crippen LogP contribution in [-0.4, -0.2) is 19.3 Å². The second-order valence-electron chi connectivity index (χ2n) is 5.12. The van der Waals surface area contributed by atoms with Gasteiger partial charge in [-0.1, -0.05) is 24.3 Å². The van der Waals surface area contributed by atoms with Gasteiger partial charge in [0.1, 0.15) is 0 Å². The van der Waals surface area contributed by atoms with Crippen molar-refractivity contribution in [2.24, 2.45) is 0 Å². The van der Waals surface area contributed by atoms with Crippen LogP contribution >= 0.6 is 22.9 Å². The van der Waals surface area contributed by atoms with Crippen molar-refractivity contribution >= 4 is 33.0 Å². The highest BCUT2D eigenvalue weighted by Crippen LogP contribution is 2.31. The summed E-state index contributed by atoms with van der Waals surface area (Å²) < 4.78 is 27.2. The standard InChI is InChI=1S/C15H16ClNO2S2/c1-11-15(8-14(9-16)20-11)21(18,19)17-7-6-12-4-2-3-5-13(12)10-17/h2-5,8H,6-7,9-10H2,1H3. The number of fused-ring (bicyclic) bond motifs is 1. The average Bonchev–Trinajstić information content (AvgIpc) is 2.88. The Labute approximate surface area is 134 Å². The Hall–Kier alpha value is -0.880. The molecule has 0 unspecified atom stereocenters. The lowest BCUT2D eigenvalue weighted by Gasteiger charge is -2.28. The quantitative estimate of drug-likeness (QED) is 0.801. The molecule has 1 aromatic heterocycles. The zero-order chi connectivity index (χ0) is 15.0. The maximum Gasteiger partial charge on any atom is 0.244 e. The third-order valence-electron chi connectivity index (χ3n) is 3.77. The summed E-state index contributed by atoms with van der Waals surface area (Å²) in [6.07, 6.45) is 0.765. The van der Waals surface area contributed by atoms with E-state index in [9.17, 15) is 8.42 Å². The van der Waals surface area contributed by atoms with E-state index in [-0.39, 0.29) is 0 Å². The second kappa shape index (κ2) is 5.72. The van der Waals surface area contributed by atoms with Crippen molar-refractivity contribution in [3.63, 3.8) is 0 Å². The molecule has 0 N–H and O–H groups in total. The van der Waals surface area contributed by atoms with Gasteiger partial charge < -0.3 is 0 Å². The smallest absolute Gasteiger partial charge is 0.207 e. The molecule has 0 spiro atoms. The van der Waals surface area contributed by atoms with E-state index in [4.69, 9.17) is 11.6 Å². The molecule has 0 radical (unpaired) electrons. The van der Waals surface area contributed by atoms with E-state index in [2.05, 4.69) is 6.07 Å². The summed E-state index contributed by atoms with van der Waals surface area (Å²) in [5.74, 6) is 0.351. The first kappa shape index (κ1) is 15.0. The molecule has 0 fully saturated rings. The number of benzene rings is 1. The Balaban J connectivity index is 1.95. The highest BCUT2D eigenvalue weighted by Gasteiger charge is 2.30. The Morgan fingerprint density at radius 3 is 2.67 bits per heavy atom. The zero-order valence-electron chi connectivity index (χ0n) is 11.7. The second-order valence-corrected chi connectivity index (χ2v) is 8.64. The summed E-state index contributed by atoms with van der Waals surface area (Å²) in [4.78, 5) is 2.11. The number of hydrogen-bond donors (Lipinski definition) is 0. The molecule has 1 aliphatic rings. The van der Waals surface area contributed by atoms with Gasteiger partial charge in [0.25, 0.3) is 0 Å². The van der Waals surface area contributed by atoms with Gasteiger partial charge in [-0.25, -0.2) is 8.42 Å². The minimum absolute atomic E-state index is 0.351. The van der Waals surface area contributed by atoms with Crippen LogP contribution in [0, 0.1) is 6.92 Å². The van der Waals surface area contributed by atoms with Crippen LogP contribution in [0.1, 0.15) is 20.9 Å². The lowest BCUT2D eigenvalue weighted by molar-refractivity contribution is 0.391. The Kier molecular flexibility index (Phi) is 4.10. The molecule has 6 heteroatoms. The molecule has 2 aromatic rings. The molecule has 1 aliphatic heterocycles. The molecular formula is C15H16ClNO2S2. The third-order valence-corrected chi connectivity index (χ3v) is 7.37. The highest BCUT2D eigenvalue weighted by molar-refractivity contribution is 7.89. The van der Waals surface area contributed by atoms with Gasteiger partial charge in [-0.3, -0.25) is 0 Å². The van der Waals surface area contributed by atoms with E-state index < -0.39 is 10.0 Å². The summed E-state index contributed by atoms with van der Waals surface area (Å²) in [6, 6.07) is 9.74. The Morgan fingerprint density at radius 1 is 1.29 bits per heavy atom. The van der Waals surface area contributed by atoms with E-state index in [0.29, 0.717) is 23.9 Å². The van der Waals surface area contributed by atoms with Gasteiger partial charge in [0.05, 0.1) is 10.8 Å². The van der Waals surface area contributed by atoms with Crippen molar-refractivity contribution < 1.29 is 8.42 Å². The van der Waals surface area contributed by atoms with Gasteiger partial charge >= 0.3 is 0 Å². The van der Waals surface area contributed by atoms with Crippen LogP contribution in [-0.2, 0) is 28.9 Å². The Morgan fingerprint density at radius 2 is 2.00 bits per heavy atom. The maximum absolute atomic E-state index is 12.8. The summed E-state index contributed by atoms with van der Waals surface area (Å²) >= 11 is 7.27. The first-order chi connectivity index (χ1) is 10.0. The molecule has 112 valence electrons. The van der Waals surface area contributed by atoms with E-state index >= 15 is 0 Å². The van der Waals surface area contributed by atoms with Crippen LogP contribution in [0.4, 0.5) is 0 Å². The summed E-state index contributed by atoms with van der Waals surface area (Å²) in [7, 11) is -3.44. The van der Waals surface area contributed by atoms with Gasteiger partial charge in [0.15, 0.2) is 0 Å². The molecule has 0 bridgehead atoms. The molecular weight excluding hydrogens is 326 g/mol. The summed E-state index contributed by atoms with van der Waals surface area (Å²) in [5, 5.41) is 0. The van der Waals surface area contributed by atoms with Crippen molar-refractivity contribution in [1.29, 1.82) is 0 Å². The number of hydrogen-bond acceptors (Lipinski definition) is 3. The fourth-order valence-electron chi connectivity index (χ4n) is 2.66. The predicted molar refractivity (Wildman–Crippen MR) is 86.4 cm³/mol. The van der Waals surface area contributed by atoms with Gasteiger partial charge in [-0.2, -0.15) is 4.31 Å². The van der Waals surface area contributed by atoms with Crippen LogP contribution in [0.2, 0.25) is 0 Å². The SMILES string of the molecule is Cc1sc(CCl)cc1S(=O)(=O)N1CCc2ccccc2C1. The van der Waals surface area contributed by atoms with Crippen LogP contribution in [0.25, 0.3) is 0 Å². The molecule has 3 nitrogen and oxygen atoms in total. The average molecular weight is 342 g/mol. The van der Waals surface area contributed by atoms with Crippen molar-refractivity contribution in [3.05, 3.63) is 51.2 Å². The van der Waals surface area contributed by atoms with E-state index in [0.717, 1.165) is 21.7 Å². The molecule has 2 heterocycles. The van der Waals surface area contributed by atoms with Gasteiger partial charge in [-0.05, 0) is 30.5 Å². The van der Waals surface area contributed by atoms with Crippen molar-refractivity contribution in [2.75, 3.05) is 6.54 Å². The third kappa shape index (κ3) is 2.75. The number of aryl methyl sites for hydroxylation is 1. The minimum Gasteiger partial charge on any atom is -0.207 e. The van der Waals surface area contributed by atoms with Gasteiger partial charge in [0, 0.05) is 22.8 Å². The van der Waals surface area contributed by atoms with Crippen LogP contribution < -0.4 is 0 Å². The van der Waals surface area contributed by atoms with E-state index in [1.165, 1.54) is 16.9 Å². The van der Waals surface area contributed by atoms with Crippen molar-refractivity contribution in [3.8, 4) is 0 Å². The summed E-state index contributed by atoms with van der Waals surface area (Å²) in [6.45, 7) is 2.82. The normalized spacial score (nSPS) is 15.9. The van der Waals surface area contributed by atoms with Gasteiger partial charge in [0.2, 0.25) is 10.0 Å². The number of thiophene rings is 1.